The standard InChI is InChI=1S/C20H25N3O3S2/c1-22-7-6-21-20(22)27-17-9-15-12-23(13-16(15)10-17)28(24,25)18-4-5-19-14(11-18)3-2-8-26-19/h4-7,11,15-17H,2-3,8-10,12-13H2,1H3/t15-,16+,17+. The first-order valence-corrected chi connectivity index (χ1v) is 12.2. The topological polar surface area (TPSA) is 64.4 Å². The molecule has 3 heterocycles. The molecule has 8 heteroatoms. The molecule has 2 aliphatic heterocycles. The van der Waals surface area contributed by atoms with Crippen molar-refractivity contribution in [3.63, 3.8) is 0 Å². The van der Waals surface area contributed by atoms with Crippen molar-refractivity contribution in [3.05, 3.63) is 36.2 Å². The summed E-state index contributed by atoms with van der Waals surface area (Å²) >= 11 is 1.83. The van der Waals surface area contributed by atoms with Gasteiger partial charge in [0, 0.05) is 37.8 Å². The van der Waals surface area contributed by atoms with Crippen LogP contribution in [0.2, 0.25) is 0 Å². The molecular formula is C20H25N3O3S2. The van der Waals surface area contributed by atoms with Crippen molar-refractivity contribution in [2.45, 2.75) is 41.0 Å². The van der Waals surface area contributed by atoms with Crippen LogP contribution in [0, 0.1) is 11.8 Å². The lowest BCUT2D eigenvalue weighted by atomic mass is 10.0. The van der Waals surface area contributed by atoms with Crippen molar-refractivity contribution in [1.29, 1.82) is 0 Å². The van der Waals surface area contributed by atoms with Gasteiger partial charge >= 0.3 is 0 Å². The number of aromatic nitrogens is 2. The Morgan fingerprint density at radius 3 is 2.71 bits per heavy atom. The number of ether oxygens (including phenoxy) is 1. The molecule has 0 bridgehead atoms. The summed E-state index contributed by atoms with van der Waals surface area (Å²) in [6.07, 6.45) is 7.75. The molecule has 1 saturated carbocycles. The van der Waals surface area contributed by atoms with E-state index in [0.29, 0.717) is 41.7 Å². The molecule has 1 aliphatic carbocycles. The molecule has 0 spiro atoms. The van der Waals surface area contributed by atoms with E-state index in [4.69, 9.17) is 4.74 Å². The van der Waals surface area contributed by atoms with Gasteiger partial charge in [0.2, 0.25) is 10.0 Å². The van der Waals surface area contributed by atoms with Gasteiger partial charge in [-0.3, -0.25) is 0 Å². The second kappa shape index (κ2) is 7.07. The molecule has 5 rings (SSSR count). The molecule has 0 N–H and O–H groups in total. The molecule has 2 aromatic rings. The highest BCUT2D eigenvalue weighted by atomic mass is 32.2. The van der Waals surface area contributed by atoms with Crippen LogP contribution < -0.4 is 4.74 Å². The third-order valence-corrected chi connectivity index (χ3v) is 9.39. The van der Waals surface area contributed by atoms with Gasteiger partial charge in [-0.05, 0) is 61.3 Å². The number of hydrogen-bond acceptors (Lipinski definition) is 5. The molecule has 3 atom stereocenters. The number of sulfonamides is 1. The summed E-state index contributed by atoms with van der Waals surface area (Å²) in [6.45, 7) is 1.99. The number of imidazole rings is 1. The molecule has 1 saturated heterocycles. The Kier molecular flexibility index (Phi) is 4.68. The summed E-state index contributed by atoms with van der Waals surface area (Å²) < 4.78 is 35.8. The van der Waals surface area contributed by atoms with Crippen molar-refractivity contribution in [3.8, 4) is 5.75 Å². The Morgan fingerprint density at radius 2 is 2.00 bits per heavy atom. The van der Waals surface area contributed by atoms with Crippen molar-refractivity contribution < 1.29 is 13.2 Å². The van der Waals surface area contributed by atoms with Crippen LogP contribution in [-0.4, -0.2) is 47.2 Å². The number of fused-ring (bicyclic) bond motifs is 2. The zero-order valence-electron chi connectivity index (χ0n) is 16.0. The van der Waals surface area contributed by atoms with Crippen molar-refractivity contribution in [2.24, 2.45) is 18.9 Å². The predicted molar refractivity (Wildman–Crippen MR) is 108 cm³/mol. The largest absolute Gasteiger partial charge is 0.493 e. The predicted octanol–water partition coefficient (Wildman–Crippen LogP) is 2.94. The molecule has 150 valence electrons. The molecule has 0 radical (unpaired) electrons. The van der Waals surface area contributed by atoms with E-state index >= 15 is 0 Å². The van der Waals surface area contributed by atoms with Gasteiger partial charge in [-0.1, -0.05) is 11.8 Å². The summed E-state index contributed by atoms with van der Waals surface area (Å²) in [4.78, 5) is 4.82. The third-order valence-electron chi connectivity index (χ3n) is 6.24. The van der Waals surface area contributed by atoms with Gasteiger partial charge in [-0.25, -0.2) is 13.4 Å². The van der Waals surface area contributed by atoms with E-state index in [0.717, 1.165) is 42.2 Å². The van der Waals surface area contributed by atoms with Crippen LogP contribution >= 0.6 is 11.8 Å². The van der Waals surface area contributed by atoms with Crippen LogP contribution in [0.3, 0.4) is 0 Å². The van der Waals surface area contributed by atoms with E-state index in [1.54, 1.807) is 10.4 Å². The van der Waals surface area contributed by atoms with E-state index in [2.05, 4.69) is 9.55 Å². The maximum Gasteiger partial charge on any atom is 0.243 e. The van der Waals surface area contributed by atoms with Crippen LogP contribution in [0.1, 0.15) is 24.8 Å². The Hall–Kier alpha value is -1.51. The monoisotopic (exact) mass is 419 g/mol. The molecule has 6 nitrogen and oxygen atoms in total. The van der Waals surface area contributed by atoms with E-state index in [9.17, 15) is 8.42 Å². The van der Waals surface area contributed by atoms with Crippen LogP contribution in [0.25, 0.3) is 0 Å². The molecule has 0 unspecified atom stereocenters. The highest BCUT2D eigenvalue weighted by molar-refractivity contribution is 7.99. The lowest BCUT2D eigenvalue weighted by Gasteiger charge is -2.21. The van der Waals surface area contributed by atoms with Gasteiger partial charge in [0.15, 0.2) is 5.16 Å². The highest BCUT2D eigenvalue weighted by Crippen LogP contribution is 2.46. The summed E-state index contributed by atoms with van der Waals surface area (Å²) in [6, 6.07) is 5.34. The summed E-state index contributed by atoms with van der Waals surface area (Å²) in [7, 11) is -1.42. The number of thioether (sulfide) groups is 1. The van der Waals surface area contributed by atoms with Crippen LogP contribution in [-0.2, 0) is 23.5 Å². The normalized spacial score (nSPS) is 27.4. The quantitative estimate of drug-likeness (QED) is 0.762. The van der Waals surface area contributed by atoms with Gasteiger partial charge < -0.3 is 9.30 Å². The van der Waals surface area contributed by atoms with Crippen LogP contribution in [0.15, 0.2) is 40.6 Å². The molecule has 0 amide bonds. The molecule has 28 heavy (non-hydrogen) atoms. The number of nitrogens with zero attached hydrogens (tertiary/aromatic N) is 3. The summed E-state index contributed by atoms with van der Waals surface area (Å²) in [5.74, 6) is 1.74. The van der Waals surface area contributed by atoms with Crippen molar-refractivity contribution in [2.75, 3.05) is 19.7 Å². The minimum atomic E-state index is -3.43. The van der Waals surface area contributed by atoms with E-state index < -0.39 is 10.0 Å². The van der Waals surface area contributed by atoms with Gasteiger partial charge in [0.05, 0.1) is 11.5 Å². The Morgan fingerprint density at radius 1 is 1.21 bits per heavy atom. The van der Waals surface area contributed by atoms with Gasteiger partial charge in [0.1, 0.15) is 5.75 Å². The fraction of sp³-hybridized carbons (Fsp3) is 0.550. The molecule has 1 aromatic heterocycles. The zero-order valence-corrected chi connectivity index (χ0v) is 17.6. The smallest absolute Gasteiger partial charge is 0.243 e. The minimum absolute atomic E-state index is 0.413. The fourth-order valence-corrected chi connectivity index (χ4v) is 7.69. The highest BCUT2D eigenvalue weighted by Gasteiger charge is 2.45. The molecule has 2 fully saturated rings. The maximum absolute atomic E-state index is 13.2. The molecule has 3 aliphatic rings. The zero-order chi connectivity index (χ0) is 19.3. The van der Waals surface area contributed by atoms with Crippen LogP contribution in [0.4, 0.5) is 0 Å². The maximum atomic E-state index is 13.2. The minimum Gasteiger partial charge on any atom is -0.493 e. The van der Waals surface area contributed by atoms with E-state index in [1.807, 2.05) is 43.3 Å². The average molecular weight is 420 g/mol. The molecular weight excluding hydrogens is 394 g/mol. The van der Waals surface area contributed by atoms with E-state index in [1.165, 1.54) is 0 Å². The number of hydrogen-bond donors (Lipinski definition) is 0. The summed E-state index contributed by atoms with van der Waals surface area (Å²) in [5, 5.41) is 1.58. The Labute approximate surface area is 170 Å². The van der Waals surface area contributed by atoms with Gasteiger partial charge in [0.25, 0.3) is 0 Å². The lowest BCUT2D eigenvalue weighted by Crippen LogP contribution is -2.30. The first kappa shape index (κ1) is 18.5. The Bertz CT molecular complexity index is 974. The summed E-state index contributed by atoms with van der Waals surface area (Å²) in [5.41, 5.74) is 1.01. The second-order valence-electron chi connectivity index (χ2n) is 8.10. The first-order chi connectivity index (χ1) is 13.5. The van der Waals surface area contributed by atoms with Crippen molar-refractivity contribution in [1.82, 2.24) is 13.9 Å². The fourth-order valence-electron chi connectivity index (χ4n) is 4.75. The number of aryl methyl sites for hydroxylation is 2. The first-order valence-electron chi connectivity index (χ1n) is 9.90. The SMILES string of the molecule is Cn1ccnc1S[C@H]1C[C@@H]2CN(S(=O)(=O)c3ccc4c(c3)CCCO4)C[C@@H]2C1. The number of benzene rings is 1. The molecule has 1 aromatic carbocycles. The third kappa shape index (κ3) is 3.25. The Balaban J connectivity index is 1.27. The van der Waals surface area contributed by atoms with Crippen molar-refractivity contribution >= 4 is 21.8 Å². The van der Waals surface area contributed by atoms with Gasteiger partial charge in [-0.2, -0.15) is 4.31 Å². The van der Waals surface area contributed by atoms with Gasteiger partial charge in [-0.15, -0.1) is 0 Å². The average Bonchev–Trinajstić information content (AvgIpc) is 3.37. The van der Waals surface area contributed by atoms with Crippen LogP contribution in [0.5, 0.6) is 5.75 Å². The van der Waals surface area contributed by atoms with E-state index in [-0.39, 0.29) is 0 Å². The second-order valence-corrected chi connectivity index (χ2v) is 11.3. The number of rotatable bonds is 4. The lowest BCUT2D eigenvalue weighted by molar-refractivity contribution is 0.288.